The Kier molecular flexibility index (Phi) is 4.21. The number of imidazole rings is 1. The molecule has 7 nitrogen and oxygen atoms in total. The van der Waals surface area contributed by atoms with Crippen molar-refractivity contribution in [1.29, 1.82) is 5.26 Å². The molecule has 3 heterocycles. The Bertz CT molecular complexity index is 778. The highest BCUT2D eigenvalue weighted by Gasteiger charge is 2.27. The van der Waals surface area contributed by atoms with Crippen molar-refractivity contribution in [3.05, 3.63) is 36.0 Å². The van der Waals surface area contributed by atoms with E-state index in [0.29, 0.717) is 11.1 Å². The van der Waals surface area contributed by atoms with Crippen LogP contribution in [0.4, 0.5) is 11.5 Å². The number of carbonyl (C=O) groups is 1. The molecule has 2 aromatic rings. The van der Waals surface area contributed by atoms with Crippen molar-refractivity contribution >= 4 is 17.4 Å². The number of carbonyl (C=O) groups excluding carboxylic acids is 1. The largest absolute Gasteiger partial charge is 0.355 e. The van der Waals surface area contributed by atoms with Gasteiger partial charge in [0.1, 0.15) is 11.8 Å². The van der Waals surface area contributed by atoms with Crippen LogP contribution in [0, 0.1) is 16.7 Å². The summed E-state index contributed by atoms with van der Waals surface area (Å²) in [7, 11) is 0. The summed E-state index contributed by atoms with van der Waals surface area (Å²) in [6.45, 7) is 6.36. The molecular weight excluding hydrogens is 304 g/mol. The molecule has 24 heavy (non-hydrogen) atoms. The van der Waals surface area contributed by atoms with Gasteiger partial charge in [-0.05, 0) is 30.4 Å². The van der Waals surface area contributed by atoms with Gasteiger partial charge in [0.25, 0.3) is 5.91 Å². The fourth-order valence-corrected chi connectivity index (χ4v) is 2.75. The molecule has 0 radical (unpaired) electrons. The SMILES string of the molecule is CC1(C)CCN(c2ncccc2NC(=O)c2ncc(C#N)[nH]2)CC1. The van der Waals surface area contributed by atoms with E-state index in [1.807, 2.05) is 12.1 Å². The van der Waals surface area contributed by atoms with Crippen molar-refractivity contribution in [2.45, 2.75) is 26.7 Å². The molecule has 0 bridgehead atoms. The number of nitrogens with one attached hydrogen (secondary N) is 2. The van der Waals surface area contributed by atoms with Crippen molar-refractivity contribution in [1.82, 2.24) is 15.0 Å². The second-order valence-electron chi connectivity index (χ2n) is 6.74. The van der Waals surface area contributed by atoms with Crippen molar-refractivity contribution in [3.8, 4) is 6.07 Å². The van der Waals surface area contributed by atoms with Crippen molar-refractivity contribution in [2.24, 2.45) is 5.41 Å². The van der Waals surface area contributed by atoms with Crippen LogP contribution in [-0.4, -0.2) is 33.9 Å². The fraction of sp³-hybridized carbons (Fsp3) is 0.412. The molecule has 0 unspecified atom stereocenters. The molecule has 0 spiro atoms. The number of H-pyrrole nitrogens is 1. The van der Waals surface area contributed by atoms with E-state index in [1.54, 1.807) is 12.3 Å². The van der Waals surface area contributed by atoms with Crippen LogP contribution in [0.3, 0.4) is 0 Å². The summed E-state index contributed by atoms with van der Waals surface area (Å²) in [6.07, 6.45) is 5.23. The molecule has 0 aliphatic carbocycles. The fourth-order valence-electron chi connectivity index (χ4n) is 2.75. The van der Waals surface area contributed by atoms with Crippen LogP contribution in [0.5, 0.6) is 0 Å². The molecule has 1 amide bonds. The predicted octanol–water partition coefficient (Wildman–Crippen LogP) is 2.56. The summed E-state index contributed by atoms with van der Waals surface area (Å²) in [4.78, 5) is 25.6. The maximum atomic E-state index is 12.3. The lowest BCUT2D eigenvalue weighted by molar-refractivity contribution is 0.101. The summed E-state index contributed by atoms with van der Waals surface area (Å²) < 4.78 is 0. The summed E-state index contributed by atoms with van der Waals surface area (Å²) >= 11 is 0. The van der Waals surface area contributed by atoms with E-state index in [1.165, 1.54) is 6.20 Å². The Morgan fingerprint density at radius 1 is 1.38 bits per heavy atom. The van der Waals surface area contributed by atoms with Gasteiger partial charge < -0.3 is 15.2 Å². The monoisotopic (exact) mass is 324 g/mol. The van der Waals surface area contributed by atoms with Gasteiger partial charge in [-0.3, -0.25) is 4.79 Å². The van der Waals surface area contributed by atoms with E-state index in [-0.39, 0.29) is 17.4 Å². The third-order valence-corrected chi connectivity index (χ3v) is 4.36. The molecule has 7 heteroatoms. The Morgan fingerprint density at radius 3 is 2.79 bits per heavy atom. The average Bonchev–Trinajstić information content (AvgIpc) is 3.05. The number of amides is 1. The quantitative estimate of drug-likeness (QED) is 0.904. The molecule has 0 saturated carbocycles. The smallest absolute Gasteiger partial charge is 0.291 e. The highest BCUT2D eigenvalue weighted by Crippen LogP contribution is 2.33. The molecule has 3 rings (SSSR count). The summed E-state index contributed by atoms with van der Waals surface area (Å²) in [5, 5.41) is 11.6. The van der Waals surface area contributed by atoms with Gasteiger partial charge in [-0.25, -0.2) is 9.97 Å². The number of pyridine rings is 1. The Morgan fingerprint density at radius 2 is 2.12 bits per heavy atom. The zero-order valence-corrected chi connectivity index (χ0v) is 13.8. The Balaban J connectivity index is 1.77. The molecule has 1 aliphatic heterocycles. The average molecular weight is 324 g/mol. The van der Waals surface area contributed by atoms with E-state index in [9.17, 15) is 4.79 Å². The van der Waals surface area contributed by atoms with Gasteiger partial charge in [-0.1, -0.05) is 13.8 Å². The lowest BCUT2D eigenvalue weighted by atomic mass is 9.83. The summed E-state index contributed by atoms with van der Waals surface area (Å²) in [6, 6.07) is 5.53. The van der Waals surface area contributed by atoms with Crippen LogP contribution in [0.25, 0.3) is 0 Å². The minimum atomic E-state index is -0.386. The number of aromatic nitrogens is 3. The molecule has 1 saturated heterocycles. The van der Waals surface area contributed by atoms with Gasteiger partial charge in [-0.15, -0.1) is 0 Å². The third-order valence-electron chi connectivity index (χ3n) is 4.36. The van der Waals surface area contributed by atoms with Gasteiger partial charge in [-0.2, -0.15) is 5.26 Å². The Hall–Kier alpha value is -2.88. The first kappa shape index (κ1) is 16.0. The van der Waals surface area contributed by atoms with Gasteiger partial charge in [0.05, 0.1) is 11.9 Å². The standard InChI is InChI=1S/C17H20N6O/c1-17(2)5-8-23(9-6-17)15-13(4-3-7-19-15)22-16(24)14-20-11-12(10-18)21-14/h3-4,7,11H,5-6,8-9H2,1-2H3,(H,20,21)(H,22,24). The molecule has 2 aromatic heterocycles. The second-order valence-corrected chi connectivity index (χ2v) is 6.74. The molecular formula is C17H20N6O. The number of hydrogen-bond acceptors (Lipinski definition) is 5. The van der Waals surface area contributed by atoms with Crippen LogP contribution >= 0.6 is 0 Å². The zero-order valence-electron chi connectivity index (χ0n) is 13.8. The van der Waals surface area contributed by atoms with E-state index in [0.717, 1.165) is 31.7 Å². The van der Waals surface area contributed by atoms with E-state index < -0.39 is 0 Å². The van der Waals surface area contributed by atoms with Crippen LogP contribution in [-0.2, 0) is 0 Å². The molecule has 2 N–H and O–H groups in total. The summed E-state index contributed by atoms with van der Waals surface area (Å²) in [5.74, 6) is 0.498. The third kappa shape index (κ3) is 3.38. The highest BCUT2D eigenvalue weighted by atomic mass is 16.2. The van der Waals surface area contributed by atoms with Crippen molar-refractivity contribution < 1.29 is 4.79 Å². The molecule has 1 aliphatic rings. The normalized spacial score (nSPS) is 16.5. The van der Waals surface area contributed by atoms with Crippen LogP contribution < -0.4 is 10.2 Å². The van der Waals surface area contributed by atoms with Crippen LogP contribution in [0.1, 0.15) is 43.0 Å². The minimum absolute atomic E-state index is 0.112. The molecule has 0 atom stereocenters. The molecule has 0 aromatic carbocycles. The first-order valence-electron chi connectivity index (χ1n) is 7.95. The number of rotatable bonds is 3. The van der Waals surface area contributed by atoms with Gasteiger partial charge in [0.15, 0.2) is 11.6 Å². The number of piperidine rings is 1. The molecule has 124 valence electrons. The Labute approximate surface area is 140 Å². The van der Waals surface area contributed by atoms with Crippen LogP contribution in [0.15, 0.2) is 24.5 Å². The van der Waals surface area contributed by atoms with Crippen LogP contribution in [0.2, 0.25) is 0 Å². The van der Waals surface area contributed by atoms with E-state index in [2.05, 4.69) is 39.0 Å². The number of aromatic amines is 1. The minimum Gasteiger partial charge on any atom is -0.355 e. The summed E-state index contributed by atoms with van der Waals surface area (Å²) in [5.41, 5.74) is 1.25. The van der Waals surface area contributed by atoms with E-state index >= 15 is 0 Å². The van der Waals surface area contributed by atoms with E-state index in [4.69, 9.17) is 5.26 Å². The highest BCUT2D eigenvalue weighted by molar-refractivity contribution is 6.03. The lowest BCUT2D eigenvalue weighted by Gasteiger charge is -2.38. The second kappa shape index (κ2) is 6.32. The number of nitrogens with zero attached hydrogens (tertiary/aromatic N) is 4. The van der Waals surface area contributed by atoms with Crippen molar-refractivity contribution in [3.63, 3.8) is 0 Å². The van der Waals surface area contributed by atoms with Gasteiger partial charge in [0.2, 0.25) is 0 Å². The first-order chi connectivity index (χ1) is 11.5. The first-order valence-corrected chi connectivity index (χ1v) is 7.95. The zero-order chi connectivity index (χ0) is 17.2. The maximum absolute atomic E-state index is 12.3. The number of nitriles is 1. The number of hydrogen-bond donors (Lipinski definition) is 2. The number of anilines is 2. The van der Waals surface area contributed by atoms with Gasteiger partial charge >= 0.3 is 0 Å². The molecule has 1 fully saturated rings. The van der Waals surface area contributed by atoms with Crippen molar-refractivity contribution in [2.75, 3.05) is 23.3 Å². The predicted molar refractivity (Wildman–Crippen MR) is 90.7 cm³/mol. The lowest BCUT2D eigenvalue weighted by Crippen LogP contribution is -2.38. The topological polar surface area (TPSA) is 97.7 Å². The maximum Gasteiger partial charge on any atom is 0.291 e. The van der Waals surface area contributed by atoms with Gasteiger partial charge in [0, 0.05) is 19.3 Å².